The first-order valence-corrected chi connectivity index (χ1v) is 13.1. The first-order chi connectivity index (χ1) is 18.6. The molecule has 38 heavy (non-hydrogen) atoms. The Morgan fingerprint density at radius 2 is 1.87 bits per heavy atom. The van der Waals surface area contributed by atoms with E-state index < -0.39 is 11.8 Å². The number of hydrogen-bond acceptors (Lipinski definition) is 11. The Bertz CT molecular complexity index is 1660. The highest BCUT2D eigenvalue weighted by Crippen LogP contribution is 2.39. The van der Waals surface area contributed by atoms with Gasteiger partial charge in [-0.15, -0.1) is 26.6 Å². The molecule has 11 nitrogen and oxygen atoms in total. The number of amides is 1. The molecule has 190 valence electrons. The lowest BCUT2D eigenvalue weighted by Crippen LogP contribution is -2.40. The summed E-state index contributed by atoms with van der Waals surface area (Å²) in [6, 6.07) is 15.4. The second-order valence-electron chi connectivity index (χ2n) is 9.32. The smallest absolute Gasteiger partial charge is 0.319 e. The van der Waals surface area contributed by atoms with Crippen molar-refractivity contribution in [3.63, 3.8) is 0 Å². The van der Waals surface area contributed by atoms with Gasteiger partial charge in [0.25, 0.3) is 11.7 Å². The zero-order valence-electron chi connectivity index (χ0n) is 20.0. The fourth-order valence-electron chi connectivity index (χ4n) is 4.51. The third-order valence-electron chi connectivity index (χ3n) is 6.65. The number of nitrogens with one attached hydrogen (secondary N) is 1. The molecule has 7 rings (SSSR count). The van der Waals surface area contributed by atoms with Crippen molar-refractivity contribution in [3.05, 3.63) is 71.2 Å². The topological polar surface area (TPSA) is 140 Å². The molecule has 1 saturated heterocycles. The van der Waals surface area contributed by atoms with Crippen molar-refractivity contribution in [1.29, 1.82) is 0 Å². The monoisotopic (exact) mass is 527 g/mol. The van der Waals surface area contributed by atoms with Crippen LogP contribution in [0.2, 0.25) is 0 Å². The maximum Gasteiger partial charge on any atom is 0.319 e. The van der Waals surface area contributed by atoms with Crippen molar-refractivity contribution < 1.29 is 18.4 Å². The van der Waals surface area contributed by atoms with Gasteiger partial charge >= 0.3 is 6.01 Å². The first-order valence-electron chi connectivity index (χ1n) is 12.3. The standard InChI is InChI=1S/C26H21N7O4S/c34-21(25-28-17-9-8-16(12-19(17)38-25)14-4-2-1-3-5-14)24-31-32-26(37-24)33(18-10-11-27-22(18)35)13-20-29-30-23(36-20)15-6-7-15/h1-5,8-9,12,15,18H,6-7,10-11,13H2,(H,27,35). The number of carbonyl (C=O) groups excluding carboxylic acids is 2. The minimum atomic E-state index is -0.562. The molecule has 0 spiro atoms. The Balaban J connectivity index is 1.16. The van der Waals surface area contributed by atoms with Gasteiger partial charge in [-0.25, -0.2) is 4.98 Å². The van der Waals surface area contributed by atoms with Crippen LogP contribution < -0.4 is 10.2 Å². The fourth-order valence-corrected chi connectivity index (χ4v) is 5.44. The van der Waals surface area contributed by atoms with Crippen LogP contribution in [0.5, 0.6) is 0 Å². The zero-order chi connectivity index (χ0) is 25.6. The van der Waals surface area contributed by atoms with Gasteiger partial charge in [0.1, 0.15) is 12.6 Å². The van der Waals surface area contributed by atoms with Crippen molar-refractivity contribution >= 4 is 39.3 Å². The highest BCUT2D eigenvalue weighted by Gasteiger charge is 2.36. The molecule has 1 aliphatic heterocycles. The summed E-state index contributed by atoms with van der Waals surface area (Å²) in [6.07, 6.45) is 2.60. The van der Waals surface area contributed by atoms with E-state index in [0.29, 0.717) is 36.2 Å². The molecular weight excluding hydrogens is 506 g/mol. The molecule has 1 amide bonds. The minimum Gasteiger partial charge on any atom is -0.423 e. The van der Waals surface area contributed by atoms with E-state index in [1.165, 1.54) is 11.3 Å². The van der Waals surface area contributed by atoms with E-state index in [9.17, 15) is 9.59 Å². The number of hydrogen-bond donors (Lipinski definition) is 1. The lowest BCUT2D eigenvalue weighted by molar-refractivity contribution is -0.120. The highest BCUT2D eigenvalue weighted by atomic mass is 32.1. The molecule has 0 radical (unpaired) electrons. The third kappa shape index (κ3) is 4.22. The van der Waals surface area contributed by atoms with Crippen LogP contribution in [-0.2, 0) is 11.3 Å². The summed E-state index contributed by atoms with van der Waals surface area (Å²) in [6.45, 7) is 0.630. The lowest BCUT2D eigenvalue weighted by Gasteiger charge is -2.23. The molecule has 2 aliphatic rings. The zero-order valence-corrected chi connectivity index (χ0v) is 20.9. The molecule has 5 aromatic rings. The maximum absolute atomic E-state index is 13.2. The van der Waals surface area contributed by atoms with E-state index in [-0.39, 0.29) is 29.4 Å². The number of fused-ring (bicyclic) bond motifs is 1. The second kappa shape index (κ2) is 9.14. The normalized spacial score (nSPS) is 17.2. The summed E-state index contributed by atoms with van der Waals surface area (Å²) in [7, 11) is 0. The van der Waals surface area contributed by atoms with Gasteiger partial charge in [0.15, 0.2) is 5.01 Å². The van der Waals surface area contributed by atoms with Gasteiger partial charge in [-0.1, -0.05) is 41.5 Å². The van der Waals surface area contributed by atoms with Crippen LogP contribution in [0.15, 0.2) is 57.4 Å². The van der Waals surface area contributed by atoms with Gasteiger partial charge < -0.3 is 19.1 Å². The summed E-state index contributed by atoms with van der Waals surface area (Å²) < 4.78 is 12.5. The summed E-state index contributed by atoms with van der Waals surface area (Å²) >= 11 is 1.27. The van der Waals surface area contributed by atoms with Crippen LogP contribution in [0.4, 0.5) is 6.01 Å². The van der Waals surface area contributed by atoms with E-state index in [1.807, 2.05) is 48.5 Å². The molecule has 12 heteroatoms. The number of carbonyl (C=O) groups is 2. The Hall–Kier alpha value is -4.45. The summed E-state index contributed by atoms with van der Waals surface area (Å²) in [5, 5.41) is 19.4. The van der Waals surface area contributed by atoms with Gasteiger partial charge in [-0.2, -0.15) is 0 Å². The van der Waals surface area contributed by atoms with Crippen LogP contribution >= 0.6 is 11.3 Å². The van der Waals surface area contributed by atoms with Crippen LogP contribution in [0.25, 0.3) is 21.3 Å². The van der Waals surface area contributed by atoms with Crippen LogP contribution in [0, 0.1) is 0 Å². The highest BCUT2D eigenvalue weighted by molar-refractivity contribution is 7.20. The third-order valence-corrected chi connectivity index (χ3v) is 7.67. The quantitative estimate of drug-likeness (QED) is 0.297. The van der Waals surface area contributed by atoms with E-state index >= 15 is 0 Å². The number of benzene rings is 2. The summed E-state index contributed by atoms with van der Waals surface area (Å²) in [4.78, 5) is 31.9. The van der Waals surface area contributed by atoms with E-state index in [2.05, 4.69) is 30.7 Å². The van der Waals surface area contributed by atoms with Gasteiger partial charge in [0.05, 0.1) is 10.2 Å². The van der Waals surface area contributed by atoms with Gasteiger partial charge in [0, 0.05) is 12.5 Å². The van der Waals surface area contributed by atoms with Crippen molar-refractivity contribution in [2.75, 3.05) is 11.4 Å². The molecule has 1 unspecified atom stereocenters. The SMILES string of the molecule is O=C(c1nnc(N(Cc2nnc(C3CC3)o2)C2CCNC2=O)o1)c1nc2ccc(-c3ccccc3)cc2s1. The van der Waals surface area contributed by atoms with Crippen LogP contribution in [-0.4, -0.2) is 49.7 Å². The molecule has 2 aromatic carbocycles. The Morgan fingerprint density at radius 1 is 1.00 bits per heavy atom. The average molecular weight is 528 g/mol. The number of rotatable bonds is 8. The Kier molecular flexibility index (Phi) is 5.46. The molecule has 3 aromatic heterocycles. The number of aromatic nitrogens is 5. The first kappa shape index (κ1) is 22.7. The molecule has 0 bridgehead atoms. The van der Waals surface area contributed by atoms with Crippen LogP contribution in [0.1, 0.15) is 52.7 Å². The molecule has 1 atom stereocenters. The molecule has 2 fully saturated rings. The average Bonchev–Trinajstić information content (AvgIpc) is 3.34. The molecule has 1 saturated carbocycles. The van der Waals surface area contributed by atoms with E-state index in [1.54, 1.807) is 4.90 Å². The maximum atomic E-state index is 13.2. The Morgan fingerprint density at radius 3 is 2.66 bits per heavy atom. The predicted molar refractivity (Wildman–Crippen MR) is 137 cm³/mol. The van der Waals surface area contributed by atoms with Crippen molar-refractivity contribution in [2.24, 2.45) is 0 Å². The fraction of sp³-hybridized carbons (Fsp3) is 0.269. The largest absolute Gasteiger partial charge is 0.423 e. The molecule has 1 N–H and O–H groups in total. The van der Waals surface area contributed by atoms with Crippen molar-refractivity contribution in [3.8, 4) is 11.1 Å². The van der Waals surface area contributed by atoms with Crippen LogP contribution in [0.3, 0.4) is 0 Å². The molecular formula is C26H21N7O4S. The van der Waals surface area contributed by atoms with E-state index in [0.717, 1.165) is 28.7 Å². The van der Waals surface area contributed by atoms with Gasteiger partial charge in [-0.05, 0) is 42.5 Å². The summed E-state index contributed by atoms with van der Waals surface area (Å²) in [5.74, 6) is 0.412. The predicted octanol–water partition coefficient (Wildman–Crippen LogP) is 3.73. The minimum absolute atomic E-state index is 0.0362. The van der Waals surface area contributed by atoms with Crippen molar-refractivity contribution in [1.82, 2.24) is 30.7 Å². The number of thiazole rings is 1. The van der Waals surface area contributed by atoms with E-state index in [4.69, 9.17) is 8.83 Å². The van der Waals surface area contributed by atoms with Crippen molar-refractivity contribution in [2.45, 2.75) is 37.8 Å². The number of ketones is 1. The van der Waals surface area contributed by atoms with Gasteiger partial charge in [0.2, 0.25) is 17.7 Å². The molecule has 1 aliphatic carbocycles. The Labute approximate surface area is 219 Å². The lowest BCUT2D eigenvalue weighted by atomic mass is 10.1. The number of anilines is 1. The summed E-state index contributed by atoms with van der Waals surface area (Å²) in [5.41, 5.74) is 2.83. The number of nitrogens with zero attached hydrogens (tertiary/aromatic N) is 6. The second-order valence-corrected chi connectivity index (χ2v) is 10.3. The van der Waals surface area contributed by atoms with Gasteiger partial charge in [-0.3, -0.25) is 9.59 Å². The molecule has 4 heterocycles.